The molecule has 112 valence electrons. The molecular formula is C14H16BrN3O2S. The number of carbonyl (C=O) groups is 1. The molecule has 1 aromatic heterocycles. The molecule has 1 atom stereocenters. The van der Waals surface area contributed by atoms with Gasteiger partial charge in [-0.25, -0.2) is 9.78 Å². The minimum Gasteiger partial charge on any atom is -0.468 e. The number of thiazole rings is 1. The van der Waals surface area contributed by atoms with Crippen LogP contribution in [0.25, 0.3) is 0 Å². The number of likely N-dealkylation sites (N-methyl/N-ethyl adjacent to an activating group) is 1. The van der Waals surface area contributed by atoms with Crippen LogP contribution in [0.3, 0.4) is 0 Å². The maximum atomic E-state index is 12.1. The molecule has 0 spiro atoms. The lowest BCUT2D eigenvalue weighted by Gasteiger charge is -2.25. The zero-order valence-electron chi connectivity index (χ0n) is 11.7. The maximum Gasteiger partial charge on any atom is 0.327 e. The highest BCUT2D eigenvalue weighted by atomic mass is 79.9. The van der Waals surface area contributed by atoms with Crippen molar-refractivity contribution in [3.8, 4) is 0 Å². The molecule has 1 unspecified atom stereocenters. The first-order valence-corrected chi connectivity index (χ1v) is 7.86. The van der Waals surface area contributed by atoms with Crippen LogP contribution in [0.2, 0.25) is 0 Å². The summed E-state index contributed by atoms with van der Waals surface area (Å²) in [6.07, 6.45) is 1.73. The molecule has 5 nitrogen and oxygen atoms in total. The van der Waals surface area contributed by atoms with Gasteiger partial charge in [-0.05, 0) is 24.7 Å². The van der Waals surface area contributed by atoms with Crippen LogP contribution in [-0.4, -0.2) is 30.0 Å². The Morgan fingerprint density at radius 2 is 2.33 bits per heavy atom. The second-order valence-electron chi connectivity index (χ2n) is 4.56. The van der Waals surface area contributed by atoms with Gasteiger partial charge in [0.1, 0.15) is 6.04 Å². The molecule has 0 aliphatic carbocycles. The lowest BCUT2D eigenvalue weighted by atomic mass is 10.1. The predicted octanol–water partition coefficient (Wildman–Crippen LogP) is 2.83. The molecule has 7 heteroatoms. The summed E-state index contributed by atoms with van der Waals surface area (Å²) in [6.45, 7) is 0.571. The predicted molar refractivity (Wildman–Crippen MR) is 86.9 cm³/mol. The van der Waals surface area contributed by atoms with Crippen LogP contribution in [0.4, 0.5) is 5.13 Å². The van der Waals surface area contributed by atoms with Crippen molar-refractivity contribution >= 4 is 38.4 Å². The van der Waals surface area contributed by atoms with Crippen molar-refractivity contribution in [1.29, 1.82) is 0 Å². The summed E-state index contributed by atoms with van der Waals surface area (Å²) in [5.41, 5.74) is 6.51. The highest BCUT2D eigenvalue weighted by Gasteiger charge is 2.26. The minimum absolute atomic E-state index is 0.298. The van der Waals surface area contributed by atoms with E-state index >= 15 is 0 Å². The van der Waals surface area contributed by atoms with E-state index in [1.54, 1.807) is 6.20 Å². The third-order valence-corrected chi connectivity index (χ3v) is 4.31. The summed E-state index contributed by atoms with van der Waals surface area (Å²) in [4.78, 5) is 19.1. The highest BCUT2D eigenvalue weighted by molar-refractivity contribution is 9.10. The summed E-state index contributed by atoms with van der Waals surface area (Å²) in [7, 11) is 3.27. The van der Waals surface area contributed by atoms with Gasteiger partial charge in [0, 0.05) is 22.1 Å². The number of aromatic nitrogens is 1. The molecule has 0 saturated carbocycles. The molecule has 0 radical (unpaired) electrons. The van der Waals surface area contributed by atoms with Crippen LogP contribution >= 0.6 is 27.3 Å². The number of methoxy groups -OCH3 is 1. The van der Waals surface area contributed by atoms with Gasteiger partial charge in [-0.1, -0.05) is 28.1 Å². The van der Waals surface area contributed by atoms with Crippen molar-refractivity contribution in [2.75, 3.05) is 19.9 Å². The Balaban J connectivity index is 2.25. The standard InChI is InChI=1S/C14H16BrN3O2S/c1-18(8-11-7-17-14(16)21-11)12(13(19)20-2)9-4-3-5-10(15)6-9/h3-7,12H,8H2,1-2H3,(H2,16,17). The van der Waals surface area contributed by atoms with E-state index in [-0.39, 0.29) is 5.97 Å². The Morgan fingerprint density at radius 1 is 1.57 bits per heavy atom. The zero-order chi connectivity index (χ0) is 15.4. The summed E-state index contributed by atoms with van der Waals surface area (Å²) in [6, 6.07) is 7.16. The Hall–Kier alpha value is -1.44. The summed E-state index contributed by atoms with van der Waals surface area (Å²) < 4.78 is 5.86. The average Bonchev–Trinajstić information content (AvgIpc) is 2.84. The number of hydrogen-bond acceptors (Lipinski definition) is 6. The quantitative estimate of drug-likeness (QED) is 0.820. The average molecular weight is 370 g/mol. The van der Waals surface area contributed by atoms with Crippen LogP contribution in [0, 0.1) is 0 Å². The Morgan fingerprint density at radius 3 is 2.90 bits per heavy atom. The number of rotatable bonds is 5. The number of nitrogen functional groups attached to an aromatic ring is 1. The number of esters is 1. The Labute approximate surface area is 135 Å². The number of anilines is 1. The lowest BCUT2D eigenvalue weighted by Crippen LogP contribution is -2.31. The van der Waals surface area contributed by atoms with E-state index in [2.05, 4.69) is 20.9 Å². The van der Waals surface area contributed by atoms with Crippen molar-refractivity contribution in [3.63, 3.8) is 0 Å². The molecule has 2 rings (SSSR count). The van der Waals surface area contributed by atoms with Crippen molar-refractivity contribution in [2.24, 2.45) is 0 Å². The number of nitrogens with two attached hydrogens (primary N) is 1. The molecule has 0 saturated heterocycles. The van der Waals surface area contributed by atoms with Crippen LogP contribution in [0.15, 0.2) is 34.9 Å². The highest BCUT2D eigenvalue weighted by Crippen LogP contribution is 2.26. The van der Waals surface area contributed by atoms with E-state index in [1.807, 2.05) is 36.2 Å². The van der Waals surface area contributed by atoms with Crippen molar-refractivity contribution < 1.29 is 9.53 Å². The van der Waals surface area contributed by atoms with Gasteiger partial charge in [-0.15, -0.1) is 11.3 Å². The number of halogens is 1. The van der Waals surface area contributed by atoms with E-state index in [0.29, 0.717) is 11.7 Å². The number of hydrogen-bond donors (Lipinski definition) is 1. The van der Waals surface area contributed by atoms with Crippen LogP contribution in [0.1, 0.15) is 16.5 Å². The molecule has 0 aliphatic rings. The Kier molecular flexibility index (Phi) is 5.33. The molecule has 2 aromatic rings. The third kappa shape index (κ3) is 4.03. The molecule has 0 aliphatic heterocycles. The van der Waals surface area contributed by atoms with Crippen molar-refractivity contribution in [3.05, 3.63) is 45.4 Å². The van der Waals surface area contributed by atoms with Crippen LogP contribution in [-0.2, 0) is 16.1 Å². The number of carbonyl (C=O) groups excluding carboxylic acids is 1. The van der Waals surface area contributed by atoms with E-state index in [9.17, 15) is 4.79 Å². The van der Waals surface area contributed by atoms with Crippen molar-refractivity contribution in [2.45, 2.75) is 12.6 Å². The smallest absolute Gasteiger partial charge is 0.327 e. The molecule has 0 bridgehead atoms. The first-order valence-electron chi connectivity index (χ1n) is 6.25. The van der Waals surface area contributed by atoms with Gasteiger partial charge < -0.3 is 10.5 Å². The Bertz CT molecular complexity index is 632. The van der Waals surface area contributed by atoms with Gasteiger partial charge in [0.25, 0.3) is 0 Å². The van der Waals surface area contributed by atoms with Gasteiger partial charge in [0.2, 0.25) is 0 Å². The van der Waals surface area contributed by atoms with Crippen molar-refractivity contribution in [1.82, 2.24) is 9.88 Å². The van der Waals surface area contributed by atoms with E-state index < -0.39 is 6.04 Å². The van der Waals surface area contributed by atoms with Gasteiger partial charge in [0.05, 0.1) is 7.11 Å². The lowest BCUT2D eigenvalue weighted by molar-refractivity contribution is -0.147. The number of nitrogens with zero attached hydrogens (tertiary/aromatic N) is 2. The van der Waals surface area contributed by atoms with Gasteiger partial charge in [0.15, 0.2) is 5.13 Å². The molecule has 0 amide bonds. The van der Waals surface area contributed by atoms with Gasteiger partial charge in [-0.2, -0.15) is 0 Å². The molecule has 1 heterocycles. The first kappa shape index (κ1) is 15.9. The van der Waals surface area contributed by atoms with Crippen LogP contribution in [0.5, 0.6) is 0 Å². The first-order chi connectivity index (χ1) is 10.0. The van der Waals surface area contributed by atoms with E-state index in [0.717, 1.165) is 14.9 Å². The zero-order valence-corrected chi connectivity index (χ0v) is 14.1. The summed E-state index contributed by atoms with van der Waals surface area (Å²) >= 11 is 4.84. The topological polar surface area (TPSA) is 68.5 Å². The third-order valence-electron chi connectivity index (χ3n) is 3.01. The van der Waals surface area contributed by atoms with Gasteiger partial charge >= 0.3 is 5.97 Å². The number of ether oxygens (including phenoxy) is 1. The molecule has 21 heavy (non-hydrogen) atoms. The SMILES string of the molecule is COC(=O)C(c1cccc(Br)c1)N(C)Cc1cnc(N)s1. The van der Waals surface area contributed by atoms with Crippen LogP contribution < -0.4 is 5.73 Å². The maximum absolute atomic E-state index is 12.1. The molecular weight excluding hydrogens is 354 g/mol. The fourth-order valence-corrected chi connectivity index (χ4v) is 3.26. The normalized spacial score (nSPS) is 12.4. The largest absolute Gasteiger partial charge is 0.468 e. The molecule has 2 N–H and O–H groups in total. The minimum atomic E-state index is -0.476. The fourth-order valence-electron chi connectivity index (χ4n) is 2.09. The van der Waals surface area contributed by atoms with E-state index in [1.165, 1.54) is 18.4 Å². The summed E-state index contributed by atoms with van der Waals surface area (Å²) in [5.74, 6) is -0.298. The number of benzene rings is 1. The second-order valence-corrected chi connectivity index (χ2v) is 6.62. The molecule has 1 aromatic carbocycles. The summed E-state index contributed by atoms with van der Waals surface area (Å²) in [5, 5.41) is 0.524. The second kappa shape index (κ2) is 7.02. The molecule has 0 fully saturated rings. The van der Waals surface area contributed by atoms with Gasteiger partial charge in [-0.3, -0.25) is 4.90 Å². The van der Waals surface area contributed by atoms with E-state index in [4.69, 9.17) is 10.5 Å². The fraction of sp³-hybridized carbons (Fsp3) is 0.286. The monoisotopic (exact) mass is 369 g/mol.